The Balaban J connectivity index is 3.32. The molecule has 22 N–H and O–H groups in total. The fraction of sp³-hybridized carbons (Fsp3) is 0.691. The number of rotatable bonds is 43. The van der Waals surface area contributed by atoms with Gasteiger partial charge in [-0.1, -0.05) is 64.4 Å². The molecule has 0 bridgehead atoms. The van der Waals surface area contributed by atoms with E-state index in [1.54, 1.807) is 51.2 Å². The molecular formula is C55H97N15O14. The molecule has 0 aliphatic heterocycles. The van der Waals surface area contributed by atoms with Crippen molar-refractivity contribution in [3.63, 3.8) is 0 Å². The van der Waals surface area contributed by atoms with Crippen LogP contribution in [0.5, 0.6) is 0 Å². The smallest absolute Gasteiger partial charge is 0.245 e. The van der Waals surface area contributed by atoms with Crippen LogP contribution in [0.15, 0.2) is 30.3 Å². The Bertz CT molecular complexity index is 2230. The first-order chi connectivity index (χ1) is 39.8. The number of nitrogens with two attached hydrogens (primary N) is 4. The number of nitrogens with one attached hydrogen (secondary N) is 11. The summed E-state index contributed by atoms with van der Waals surface area (Å²) in [5, 5.41) is 58.8. The standard InChI is InChI=1S/C55H97N15O14/c1-8-32(4)14-15-36(74)28-45(75)62-37(16-21-56)52(81)70-47(34(6)73)55(84)61-29-46(76)63-41(20-25-60-7)51(80)65-39(18-23-58)49(78)68-43(27-35-12-10-9-11-13-35)54(83)67-42(26-31(2)3)53(82)66-38(17-22-57)48(77)64-40(19-24-59)50(79)69-44(30-71)33(5)72/h9-13,30-34,36-44,47,60,72-74H,8,14-29,56-59H2,1-7H3,(H,61,84)(H,62,75)(H,63,76)(H,64,77)(H,65,80)(H,66,82)(H,67,83)(H,68,78)(H,69,79)(H,70,81)/t32?,33?,34?,36?,37-,38?,39-,40?,41-,42?,43+,44?,47?/m0/s1. The number of amides is 10. The summed E-state index contributed by atoms with van der Waals surface area (Å²) in [6.07, 6.45) is -2.16. The highest BCUT2D eigenvalue weighted by Gasteiger charge is 2.35. The van der Waals surface area contributed by atoms with E-state index in [9.17, 15) is 68.1 Å². The number of hydrogen-bond donors (Lipinski definition) is 18. The molecule has 0 saturated carbocycles. The SMILES string of the molecule is CCC(C)CCC(O)CC(=O)N[C@@H](CCN)C(=O)NC(C(=O)NCC(=O)N[C@@H](CCNC)C(=O)N[C@@H](CCN)C(=O)N[C@H](Cc1ccccc1)C(=O)NC(CC(C)C)C(=O)NC(CCN)C(=O)NC(CCN)C(=O)NC(C=O)C(C)O)C(C)O. The van der Waals surface area contributed by atoms with Crippen LogP contribution in [0.25, 0.3) is 0 Å². The zero-order valence-corrected chi connectivity index (χ0v) is 49.7. The van der Waals surface area contributed by atoms with Gasteiger partial charge in [0.15, 0.2) is 0 Å². The number of benzene rings is 1. The molecule has 0 aliphatic rings. The maximum Gasteiger partial charge on any atom is 0.245 e. The molecule has 476 valence electrons. The van der Waals surface area contributed by atoms with Gasteiger partial charge in [-0.2, -0.15) is 0 Å². The van der Waals surface area contributed by atoms with Crippen LogP contribution in [-0.4, -0.2) is 200 Å². The van der Waals surface area contributed by atoms with E-state index >= 15 is 0 Å². The van der Waals surface area contributed by atoms with E-state index in [0.717, 1.165) is 6.42 Å². The van der Waals surface area contributed by atoms with Crippen molar-refractivity contribution in [1.82, 2.24) is 58.5 Å². The number of aliphatic hydroxyl groups excluding tert-OH is 3. The summed E-state index contributed by atoms with van der Waals surface area (Å²) < 4.78 is 0. The predicted molar refractivity (Wildman–Crippen MR) is 312 cm³/mol. The third-order valence-corrected chi connectivity index (χ3v) is 13.5. The number of carbonyl (C=O) groups is 11. The molecule has 0 radical (unpaired) electrons. The lowest BCUT2D eigenvalue weighted by atomic mass is 9.99. The van der Waals surface area contributed by atoms with Crippen molar-refractivity contribution in [3.05, 3.63) is 35.9 Å². The van der Waals surface area contributed by atoms with Crippen molar-refractivity contribution in [3.8, 4) is 0 Å². The third-order valence-electron chi connectivity index (χ3n) is 13.5. The first kappa shape index (κ1) is 75.3. The van der Waals surface area contributed by atoms with Crippen LogP contribution in [0.2, 0.25) is 0 Å². The minimum Gasteiger partial charge on any atom is -0.393 e. The highest BCUT2D eigenvalue weighted by molar-refractivity contribution is 5.98. The topological polar surface area (TPSA) is 485 Å². The quantitative estimate of drug-likeness (QED) is 0.0271. The van der Waals surface area contributed by atoms with Crippen molar-refractivity contribution in [2.24, 2.45) is 34.8 Å². The van der Waals surface area contributed by atoms with Crippen LogP contribution in [0.3, 0.4) is 0 Å². The Morgan fingerprint density at radius 2 is 0.929 bits per heavy atom. The molecule has 29 heteroatoms. The summed E-state index contributed by atoms with van der Waals surface area (Å²) in [4.78, 5) is 148. The molecule has 84 heavy (non-hydrogen) atoms. The second-order valence-corrected chi connectivity index (χ2v) is 21.4. The Morgan fingerprint density at radius 3 is 1.38 bits per heavy atom. The van der Waals surface area contributed by atoms with Gasteiger partial charge in [0.2, 0.25) is 59.1 Å². The van der Waals surface area contributed by atoms with Crippen LogP contribution >= 0.6 is 0 Å². The molecular weight excluding hydrogens is 1090 g/mol. The highest BCUT2D eigenvalue weighted by atomic mass is 16.3. The van der Waals surface area contributed by atoms with Gasteiger partial charge in [-0.3, -0.25) is 47.9 Å². The van der Waals surface area contributed by atoms with Gasteiger partial charge in [0, 0.05) is 6.42 Å². The molecule has 0 aliphatic carbocycles. The molecule has 29 nitrogen and oxygen atoms in total. The maximum absolute atomic E-state index is 14.4. The third kappa shape index (κ3) is 29.2. The van der Waals surface area contributed by atoms with E-state index in [2.05, 4.69) is 58.5 Å². The van der Waals surface area contributed by atoms with E-state index < -0.39 is 138 Å². The normalized spacial score (nSPS) is 15.9. The van der Waals surface area contributed by atoms with Crippen LogP contribution in [0, 0.1) is 11.8 Å². The fourth-order valence-corrected chi connectivity index (χ4v) is 8.39. The monoisotopic (exact) mass is 1190 g/mol. The van der Waals surface area contributed by atoms with Crippen LogP contribution in [0.1, 0.15) is 111 Å². The van der Waals surface area contributed by atoms with Crippen LogP contribution < -0.4 is 81.4 Å². The Labute approximate surface area is 492 Å². The predicted octanol–water partition coefficient (Wildman–Crippen LogP) is -5.70. The molecule has 0 aromatic heterocycles. The van der Waals surface area contributed by atoms with Crippen molar-refractivity contribution in [1.29, 1.82) is 0 Å². The molecule has 10 amide bonds. The summed E-state index contributed by atoms with van der Waals surface area (Å²) in [7, 11) is 1.59. The van der Waals surface area contributed by atoms with Crippen molar-refractivity contribution in [2.75, 3.05) is 46.3 Å². The van der Waals surface area contributed by atoms with Gasteiger partial charge in [-0.25, -0.2) is 0 Å². The summed E-state index contributed by atoms with van der Waals surface area (Å²) in [5.74, 6) is -8.23. The molecule has 0 spiro atoms. The number of carbonyl (C=O) groups excluding carboxylic acids is 11. The van der Waals surface area contributed by atoms with Gasteiger partial charge in [0.1, 0.15) is 60.7 Å². The molecule has 0 heterocycles. The molecule has 9 unspecified atom stereocenters. The first-order valence-electron chi connectivity index (χ1n) is 28.8. The first-order valence-corrected chi connectivity index (χ1v) is 28.8. The van der Waals surface area contributed by atoms with E-state index in [4.69, 9.17) is 22.9 Å². The number of aliphatic hydroxyl groups is 3. The van der Waals surface area contributed by atoms with Crippen molar-refractivity contribution in [2.45, 2.75) is 185 Å². The summed E-state index contributed by atoms with van der Waals surface area (Å²) in [5.41, 5.74) is 23.7. The highest BCUT2D eigenvalue weighted by Crippen LogP contribution is 2.14. The van der Waals surface area contributed by atoms with Gasteiger partial charge in [0.25, 0.3) is 0 Å². The molecule has 1 rings (SSSR count). The van der Waals surface area contributed by atoms with Gasteiger partial charge in [-0.05, 0) is 122 Å². The Morgan fingerprint density at radius 1 is 0.500 bits per heavy atom. The lowest BCUT2D eigenvalue weighted by Gasteiger charge is -2.28. The van der Waals surface area contributed by atoms with Gasteiger partial charge in [-0.15, -0.1) is 0 Å². The van der Waals surface area contributed by atoms with Gasteiger partial charge >= 0.3 is 0 Å². The van der Waals surface area contributed by atoms with E-state index in [1.807, 2.05) is 13.8 Å². The lowest BCUT2D eigenvalue weighted by molar-refractivity contribution is -0.136. The molecule has 13 atom stereocenters. The van der Waals surface area contributed by atoms with E-state index in [1.165, 1.54) is 13.8 Å². The molecule has 1 aromatic carbocycles. The fourth-order valence-electron chi connectivity index (χ4n) is 8.39. The Hall–Kier alpha value is -6.73. The second-order valence-electron chi connectivity index (χ2n) is 21.4. The second kappa shape index (κ2) is 41.3. The van der Waals surface area contributed by atoms with Crippen molar-refractivity contribution < 1.29 is 68.1 Å². The zero-order valence-electron chi connectivity index (χ0n) is 49.7. The number of hydrogen-bond acceptors (Lipinski definition) is 19. The van der Waals surface area contributed by atoms with Crippen molar-refractivity contribution >= 4 is 65.4 Å². The largest absolute Gasteiger partial charge is 0.393 e. The molecule has 0 fully saturated rings. The zero-order chi connectivity index (χ0) is 63.5. The van der Waals surface area contributed by atoms with E-state index in [0.29, 0.717) is 30.6 Å². The van der Waals surface area contributed by atoms with Crippen LogP contribution in [0.4, 0.5) is 0 Å². The minimum atomic E-state index is -1.62. The lowest BCUT2D eigenvalue weighted by Crippen LogP contribution is -2.61. The average molecular weight is 1190 g/mol. The molecule has 1 aromatic rings. The summed E-state index contributed by atoms with van der Waals surface area (Å²) >= 11 is 0. The van der Waals surface area contributed by atoms with E-state index in [-0.39, 0.29) is 90.0 Å². The average Bonchev–Trinajstić information content (AvgIpc) is 3.51. The van der Waals surface area contributed by atoms with Gasteiger partial charge < -0.3 is 102 Å². The Kier molecular flexibility index (Phi) is 37.0. The van der Waals surface area contributed by atoms with Crippen LogP contribution in [-0.2, 0) is 59.2 Å². The number of aldehydes is 1. The molecule has 0 saturated heterocycles. The maximum atomic E-state index is 14.4. The summed E-state index contributed by atoms with van der Waals surface area (Å²) in [6.45, 7) is 9.19. The minimum absolute atomic E-state index is 0.0317. The summed E-state index contributed by atoms with van der Waals surface area (Å²) in [6, 6.07) is -3.59. The van der Waals surface area contributed by atoms with Gasteiger partial charge in [0.05, 0.1) is 31.3 Å².